The van der Waals surface area contributed by atoms with E-state index in [1.165, 1.54) is 12.8 Å². The number of nitrogens with one attached hydrogen (secondary N) is 2. The zero-order chi connectivity index (χ0) is 14.9. The summed E-state index contributed by atoms with van der Waals surface area (Å²) in [6, 6.07) is 2.79. The molecule has 0 unspecified atom stereocenters. The third-order valence-electron chi connectivity index (χ3n) is 3.80. The van der Waals surface area contributed by atoms with E-state index in [0.717, 1.165) is 51.1 Å². The standard InChI is InChI=1S/C15H28N6.HI/c1-3-20(14-6-7-14)13-10-18-15(16-2)17-8-4-11-21-12-5-9-19-21;/h5,9,12,14H,3-4,6-8,10-11,13H2,1-2H3,(H2,16,17,18);1H. The number of rotatable bonds is 9. The Kier molecular flexibility index (Phi) is 9.45. The van der Waals surface area contributed by atoms with E-state index in [0.29, 0.717) is 0 Å². The monoisotopic (exact) mass is 420 g/mol. The Morgan fingerprint density at radius 3 is 2.73 bits per heavy atom. The zero-order valence-electron chi connectivity index (χ0n) is 13.7. The summed E-state index contributed by atoms with van der Waals surface area (Å²) < 4.78 is 1.95. The van der Waals surface area contributed by atoms with Gasteiger partial charge in [0.05, 0.1) is 0 Å². The highest BCUT2D eigenvalue weighted by Gasteiger charge is 2.27. The lowest BCUT2D eigenvalue weighted by Crippen LogP contribution is -2.42. The fourth-order valence-electron chi connectivity index (χ4n) is 2.46. The van der Waals surface area contributed by atoms with Crippen LogP contribution in [0.5, 0.6) is 0 Å². The molecule has 1 aliphatic carbocycles. The van der Waals surface area contributed by atoms with Crippen LogP contribution in [0.15, 0.2) is 23.5 Å². The van der Waals surface area contributed by atoms with Crippen molar-refractivity contribution in [2.24, 2.45) is 4.99 Å². The molecule has 0 atom stereocenters. The van der Waals surface area contributed by atoms with Gasteiger partial charge in [-0.15, -0.1) is 24.0 Å². The van der Waals surface area contributed by atoms with Gasteiger partial charge in [-0.1, -0.05) is 6.92 Å². The van der Waals surface area contributed by atoms with E-state index in [-0.39, 0.29) is 24.0 Å². The Morgan fingerprint density at radius 2 is 2.14 bits per heavy atom. The molecule has 6 nitrogen and oxygen atoms in total. The molecule has 1 saturated carbocycles. The van der Waals surface area contributed by atoms with Crippen LogP contribution in [0.25, 0.3) is 0 Å². The molecule has 0 saturated heterocycles. The van der Waals surface area contributed by atoms with Crippen molar-refractivity contribution >= 4 is 29.9 Å². The lowest BCUT2D eigenvalue weighted by atomic mass is 10.4. The Hall–Kier alpha value is -0.830. The second kappa shape index (κ2) is 10.8. The maximum atomic E-state index is 4.26. The number of nitrogens with zero attached hydrogens (tertiary/aromatic N) is 4. The van der Waals surface area contributed by atoms with Gasteiger partial charge in [0, 0.05) is 51.7 Å². The minimum absolute atomic E-state index is 0. The Bertz CT molecular complexity index is 416. The van der Waals surface area contributed by atoms with Crippen LogP contribution in [0.3, 0.4) is 0 Å². The van der Waals surface area contributed by atoms with Crippen molar-refractivity contribution in [3.8, 4) is 0 Å². The normalized spacial score (nSPS) is 14.8. The molecule has 0 radical (unpaired) electrons. The van der Waals surface area contributed by atoms with Gasteiger partial charge in [-0.2, -0.15) is 5.10 Å². The summed E-state index contributed by atoms with van der Waals surface area (Å²) in [6.07, 6.45) is 7.57. The van der Waals surface area contributed by atoms with Crippen molar-refractivity contribution in [2.45, 2.75) is 38.8 Å². The summed E-state index contributed by atoms with van der Waals surface area (Å²) in [6.45, 7) is 7.25. The van der Waals surface area contributed by atoms with Gasteiger partial charge in [0.15, 0.2) is 5.96 Å². The summed E-state index contributed by atoms with van der Waals surface area (Å²) in [7, 11) is 1.82. The Morgan fingerprint density at radius 1 is 1.36 bits per heavy atom. The number of hydrogen-bond donors (Lipinski definition) is 2. The molecule has 22 heavy (non-hydrogen) atoms. The van der Waals surface area contributed by atoms with Crippen LogP contribution in [-0.2, 0) is 6.54 Å². The molecule has 0 amide bonds. The predicted molar refractivity (Wildman–Crippen MR) is 102 cm³/mol. The van der Waals surface area contributed by atoms with Crippen molar-refractivity contribution < 1.29 is 0 Å². The largest absolute Gasteiger partial charge is 0.356 e. The quantitative estimate of drug-likeness (QED) is 0.276. The maximum absolute atomic E-state index is 4.26. The summed E-state index contributed by atoms with van der Waals surface area (Å²) in [5, 5.41) is 10.9. The highest BCUT2D eigenvalue weighted by Crippen LogP contribution is 2.25. The molecular weight excluding hydrogens is 391 g/mol. The second-order valence-corrected chi connectivity index (χ2v) is 5.41. The van der Waals surface area contributed by atoms with E-state index in [9.17, 15) is 0 Å². The van der Waals surface area contributed by atoms with E-state index in [4.69, 9.17) is 0 Å². The average Bonchev–Trinajstić information content (AvgIpc) is 3.21. The third kappa shape index (κ3) is 6.95. The minimum Gasteiger partial charge on any atom is -0.356 e. The fraction of sp³-hybridized carbons (Fsp3) is 0.733. The van der Waals surface area contributed by atoms with Gasteiger partial charge in [-0.3, -0.25) is 14.6 Å². The summed E-state index contributed by atoms with van der Waals surface area (Å²) >= 11 is 0. The molecule has 0 aromatic carbocycles. The molecule has 0 bridgehead atoms. The lowest BCUT2D eigenvalue weighted by molar-refractivity contribution is 0.282. The van der Waals surface area contributed by atoms with Gasteiger partial charge in [0.1, 0.15) is 0 Å². The van der Waals surface area contributed by atoms with Gasteiger partial charge in [-0.05, 0) is 31.9 Å². The smallest absolute Gasteiger partial charge is 0.191 e. The van der Waals surface area contributed by atoms with E-state index >= 15 is 0 Å². The first-order valence-corrected chi connectivity index (χ1v) is 7.99. The SMILES string of the molecule is CCN(CCNC(=NC)NCCCn1cccn1)C1CC1.I. The zero-order valence-corrected chi connectivity index (χ0v) is 16.0. The number of halogens is 1. The van der Waals surface area contributed by atoms with Crippen molar-refractivity contribution in [1.82, 2.24) is 25.3 Å². The maximum Gasteiger partial charge on any atom is 0.191 e. The van der Waals surface area contributed by atoms with Gasteiger partial charge in [0.2, 0.25) is 0 Å². The van der Waals surface area contributed by atoms with Crippen molar-refractivity contribution in [2.75, 3.05) is 33.2 Å². The van der Waals surface area contributed by atoms with Crippen molar-refractivity contribution in [3.05, 3.63) is 18.5 Å². The van der Waals surface area contributed by atoms with Crippen LogP contribution in [0, 0.1) is 0 Å². The predicted octanol–water partition coefficient (Wildman–Crippen LogP) is 1.54. The highest BCUT2D eigenvalue weighted by molar-refractivity contribution is 14.0. The van der Waals surface area contributed by atoms with Crippen LogP contribution in [0.2, 0.25) is 0 Å². The van der Waals surface area contributed by atoms with E-state index in [2.05, 4.69) is 32.5 Å². The molecule has 7 heteroatoms. The fourth-order valence-corrected chi connectivity index (χ4v) is 2.46. The van der Waals surface area contributed by atoms with Crippen LogP contribution >= 0.6 is 24.0 Å². The van der Waals surface area contributed by atoms with Crippen LogP contribution < -0.4 is 10.6 Å². The molecule has 1 fully saturated rings. The number of guanidine groups is 1. The summed E-state index contributed by atoms with van der Waals surface area (Å²) in [5.74, 6) is 0.891. The average molecular weight is 420 g/mol. The molecule has 126 valence electrons. The highest BCUT2D eigenvalue weighted by atomic mass is 127. The van der Waals surface area contributed by atoms with E-state index < -0.39 is 0 Å². The van der Waals surface area contributed by atoms with E-state index in [1.54, 1.807) is 0 Å². The number of likely N-dealkylation sites (N-methyl/N-ethyl adjacent to an activating group) is 1. The number of aryl methyl sites for hydroxylation is 1. The molecule has 2 N–H and O–H groups in total. The van der Waals surface area contributed by atoms with Crippen molar-refractivity contribution in [3.63, 3.8) is 0 Å². The van der Waals surface area contributed by atoms with E-state index in [1.807, 2.05) is 30.2 Å². The summed E-state index contributed by atoms with van der Waals surface area (Å²) in [5.41, 5.74) is 0. The first-order valence-electron chi connectivity index (χ1n) is 7.99. The van der Waals surface area contributed by atoms with Crippen LogP contribution in [0.4, 0.5) is 0 Å². The molecule has 1 aliphatic rings. The first kappa shape index (κ1) is 19.2. The molecule has 0 aliphatic heterocycles. The summed E-state index contributed by atoms with van der Waals surface area (Å²) in [4.78, 5) is 6.80. The second-order valence-electron chi connectivity index (χ2n) is 5.41. The molecule has 2 rings (SSSR count). The molecule has 0 spiro atoms. The van der Waals surface area contributed by atoms with Gasteiger partial charge in [0.25, 0.3) is 0 Å². The third-order valence-corrected chi connectivity index (χ3v) is 3.80. The van der Waals surface area contributed by atoms with Gasteiger partial charge in [-0.25, -0.2) is 0 Å². The van der Waals surface area contributed by atoms with Gasteiger partial charge >= 0.3 is 0 Å². The number of hydrogen-bond acceptors (Lipinski definition) is 3. The lowest BCUT2D eigenvalue weighted by Gasteiger charge is -2.20. The topological polar surface area (TPSA) is 57.5 Å². The van der Waals surface area contributed by atoms with Gasteiger partial charge < -0.3 is 10.6 Å². The molecular formula is C15H29IN6. The van der Waals surface area contributed by atoms with Crippen LogP contribution in [0.1, 0.15) is 26.2 Å². The first-order chi connectivity index (χ1) is 10.3. The number of aliphatic imine (C=N–C) groups is 1. The number of aromatic nitrogens is 2. The Balaban J connectivity index is 0.00000242. The minimum atomic E-state index is 0. The Labute approximate surface area is 150 Å². The van der Waals surface area contributed by atoms with Crippen LogP contribution in [-0.4, -0.2) is 59.9 Å². The molecule has 1 heterocycles. The molecule has 1 aromatic rings. The van der Waals surface area contributed by atoms with Crippen molar-refractivity contribution in [1.29, 1.82) is 0 Å². The molecule has 1 aromatic heterocycles.